The number of pyridine rings is 2. The monoisotopic (exact) mass is 404 g/mol. The van der Waals surface area contributed by atoms with Crippen LogP contribution < -0.4 is 0 Å². The molecule has 0 atom stereocenters. The Morgan fingerprint density at radius 3 is 2.61 bits per heavy atom. The Labute approximate surface area is 164 Å². The van der Waals surface area contributed by atoms with E-state index in [1.165, 1.54) is 23.1 Å². The summed E-state index contributed by atoms with van der Waals surface area (Å²) in [5.74, 6) is 1.62. The van der Waals surface area contributed by atoms with Crippen molar-refractivity contribution in [3.05, 3.63) is 41.5 Å². The second-order valence-electron chi connectivity index (χ2n) is 7.20. The molecule has 1 saturated carbocycles. The minimum Gasteiger partial charge on any atom is -0.273 e. The van der Waals surface area contributed by atoms with Gasteiger partial charge in [0, 0.05) is 40.7 Å². The van der Waals surface area contributed by atoms with Crippen LogP contribution in [0.3, 0.4) is 0 Å². The fourth-order valence-corrected chi connectivity index (χ4v) is 4.76. The largest absolute Gasteiger partial charge is 0.379 e. The van der Waals surface area contributed by atoms with Gasteiger partial charge in [0.15, 0.2) is 5.65 Å². The highest BCUT2D eigenvalue weighted by molar-refractivity contribution is 7.18. The highest BCUT2D eigenvalue weighted by Crippen LogP contribution is 2.45. The topological polar surface area (TPSA) is 43.6 Å². The van der Waals surface area contributed by atoms with E-state index < -0.39 is 6.68 Å². The summed E-state index contributed by atoms with van der Waals surface area (Å²) >= 11 is 1.85. The molecule has 28 heavy (non-hydrogen) atoms. The van der Waals surface area contributed by atoms with Crippen molar-refractivity contribution in [2.75, 3.05) is 0 Å². The van der Waals surface area contributed by atoms with Crippen LogP contribution in [-0.4, -0.2) is 26.4 Å². The lowest BCUT2D eigenvalue weighted by Crippen LogP contribution is -2.17. The molecule has 0 aliphatic heterocycles. The van der Waals surface area contributed by atoms with Crippen LogP contribution in [-0.2, 0) is 7.05 Å². The fraction of sp³-hybridized carbons (Fsp3) is 0.350. The second kappa shape index (κ2) is 7.50. The molecule has 4 aromatic rings. The molecule has 0 saturated heterocycles. The molecule has 0 aromatic carbocycles. The molecule has 0 radical (unpaired) electrons. The van der Waals surface area contributed by atoms with E-state index in [2.05, 4.69) is 41.3 Å². The smallest absolute Gasteiger partial charge is 0.273 e. The summed E-state index contributed by atoms with van der Waals surface area (Å²) in [6, 6.07) is 8.73. The van der Waals surface area contributed by atoms with Gasteiger partial charge in [-0.15, -0.1) is 11.3 Å². The van der Waals surface area contributed by atoms with E-state index in [9.17, 15) is 13.2 Å². The molecule has 4 aromatic heterocycles. The van der Waals surface area contributed by atoms with Crippen LogP contribution in [0.4, 0.5) is 13.2 Å². The van der Waals surface area contributed by atoms with Crippen molar-refractivity contribution in [1.82, 2.24) is 19.7 Å². The van der Waals surface area contributed by atoms with Crippen molar-refractivity contribution in [2.24, 2.45) is 13.0 Å². The maximum atomic E-state index is 9.67. The number of aryl methyl sites for hydroxylation is 1. The summed E-state index contributed by atoms with van der Waals surface area (Å²) in [6.07, 6.45) is 6.50. The highest BCUT2D eigenvalue weighted by atomic mass is 32.1. The van der Waals surface area contributed by atoms with Gasteiger partial charge in [-0.1, -0.05) is 6.92 Å². The molecule has 5 rings (SSSR count). The van der Waals surface area contributed by atoms with Gasteiger partial charge in [0.25, 0.3) is 0 Å². The van der Waals surface area contributed by atoms with Crippen LogP contribution in [0, 0.1) is 5.92 Å². The van der Waals surface area contributed by atoms with Crippen LogP contribution in [0.1, 0.15) is 30.6 Å². The molecular formula is C20H19F3N4S. The third-order valence-electron chi connectivity index (χ3n) is 4.95. The molecular weight excluding hydrogens is 385 g/mol. The first-order valence-corrected chi connectivity index (χ1v) is 9.83. The number of halogens is 3. The van der Waals surface area contributed by atoms with Crippen LogP contribution in [0.15, 0.2) is 36.7 Å². The van der Waals surface area contributed by atoms with Gasteiger partial charge >= 0.3 is 6.68 Å². The Balaban J connectivity index is 0.000000442. The van der Waals surface area contributed by atoms with E-state index in [-0.39, 0.29) is 0 Å². The number of rotatable bonds is 2. The predicted octanol–water partition coefficient (Wildman–Crippen LogP) is 5.94. The van der Waals surface area contributed by atoms with E-state index in [0.29, 0.717) is 0 Å². The predicted molar refractivity (Wildman–Crippen MR) is 105 cm³/mol. The maximum absolute atomic E-state index is 9.67. The average molecular weight is 404 g/mol. The first-order chi connectivity index (χ1) is 13.4. The zero-order valence-corrected chi connectivity index (χ0v) is 16.3. The number of nitrogens with zero attached hydrogens (tertiary/aromatic N) is 4. The Kier molecular flexibility index (Phi) is 5.05. The maximum Gasteiger partial charge on any atom is 0.379 e. The van der Waals surface area contributed by atoms with Crippen LogP contribution >= 0.6 is 11.3 Å². The Bertz CT molecular complexity index is 1110. The lowest BCUT2D eigenvalue weighted by molar-refractivity contribution is 0.00819. The molecule has 1 fully saturated rings. The van der Waals surface area contributed by atoms with Crippen molar-refractivity contribution < 1.29 is 13.2 Å². The van der Waals surface area contributed by atoms with Gasteiger partial charge in [-0.3, -0.25) is 4.68 Å². The summed E-state index contributed by atoms with van der Waals surface area (Å²) < 4.78 is 30.8. The van der Waals surface area contributed by atoms with E-state index in [0.717, 1.165) is 39.0 Å². The molecule has 1 aliphatic rings. The molecule has 146 valence electrons. The van der Waals surface area contributed by atoms with Crippen molar-refractivity contribution in [3.63, 3.8) is 0 Å². The molecule has 1 aliphatic carbocycles. The van der Waals surface area contributed by atoms with Gasteiger partial charge in [0.1, 0.15) is 4.83 Å². The molecule has 4 heterocycles. The van der Waals surface area contributed by atoms with Gasteiger partial charge in [0.2, 0.25) is 0 Å². The molecule has 0 spiro atoms. The number of fused-ring (bicyclic) bond motifs is 2. The fourth-order valence-electron chi connectivity index (χ4n) is 3.61. The van der Waals surface area contributed by atoms with Gasteiger partial charge in [0.05, 0.1) is 5.69 Å². The zero-order chi connectivity index (χ0) is 19.8. The number of thiophene rings is 1. The average Bonchev–Trinajstić information content (AvgIpc) is 3.18. The first-order valence-electron chi connectivity index (χ1n) is 9.01. The van der Waals surface area contributed by atoms with Gasteiger partial charge in [-0.2, -0.15) is 18.3 Å². The number of aromatic nitrogens is 4. The number of alkyl halides is 3. The van der Waals surface area contributed by atoms with Crippen molar-refractivity contribution in [2.45, 2.75) is 32.4 Å². The Morgan fingerprint density at radius 2 is 1.89 bits per heavy atom. The molecule has 0 amide bonds. The van der Waals surface area contributed by atoms with Gasteiger partial charge < -0.3 is 0 Å². The van der Waals surface area contributed by atoms with E-state index >= 15 is 0 Å². The zero-order valence-electron chi connectivity index (χ0n) is 15.4. The van der Waals surface area contributed by atoms with E-state index in [1.54, 1.807) is 4.68 Å². The van der Waals surface area contributed by atoms with Gasteiger partial charge in [-0.05, 0) is 48.9 Å². The quantitative estimate of drug-likeness (QED) is 0.415. The SMILES string of the molecule is CC1CC(c2cc3ccc(-c4cnc5nn(C)cc5c4)nc3s2)C1.FC(F)F. The third-order valence-corrected chi connectivity index (χ3v) is 6.15. The first kappa shape index (κ1) is 18.9. The Morgan fingerprint density at radius 1 is 1.14 bits per heavy atom. The van der Waals surface area contributed by atoms with Crippen LogP contribution in [0.25, 0.3) is 32.5 Å². The van der Waals surface area contributed by atoms with E-state index in [4.69, 9.17) is 4.98 Å². The summed E-state index contributed by atoms with van der Waals surface area (Å²) in [7, 11) is 1.92. The normalized spacial score (nSPS) is 18.9. The summed E-state index contributed by atoms with van der Waals surface area (Å²) in [4.78, 5) is 12.0. The van der Waals surface area contributed by atoms with Crippen LogP contribution in [0.2, 0.25) is 0 Å². The minimum atomic E-state index is -3.67. The Hall–Kier alpha value is -2.48. The number of hydrogen-bond acceptors (Lipinski definition) is 4. The molecule has 8 heteroatoms. The molecule has 4 nitrogen and oxygen atoms in total. The van der Waals surface area contributed by atoms with Gasteiger partial charge in [-0.25, -0.2) is 9.97 Å². The van der Waals surface area contributed by atoms with Crippen molar-refractivity contribution >= 4 is 32.6 Å². The lowest BCUT2D eigenvalue weighted by atomic mass is 9.75. The highest BCUT2D eigenvalue weighted by Gasteiger charge is 2.28. The third kappa shape index (κ3) is 3.87. The lowest BCUT2D eigenvalue weighted by Gasteiger charge is -2.31. The molecule has 0 bridgehead atoms. The minimum absolute atomic E-state index is 0.746. The van der Waals surface area contributed by atoms with E-state index in [1.807, 2.05) is 30.8 Å². The summed E-state index contributed by atoms with van der Waals surface area (Å²) in [5.41, 5.74) is 2.81. The summed E-state index contributed by atoms with van der Waals surface area (Å²) in [5, 5.41) is 6.64. The van der Waals surface area contributed by atoms with Crippen LogP contribution in [0.5, 0.6) is 0 Å². The van der Waals surface area contributed by atoms with Crippen molar-refractivity contribution in [1.29, 1.82) is 0 Å². The van der Waals surface area contributed by atoms with Crippen molar-refractivity contribution in [3.8, 4) is 11.3 Å². The standard InChI is InChI=1S/C19H18N4S.CHF3/c1-11-5-13(6-11)17-8-12-3-4-16(21-19(12)24-17)14-7-15-10-23(2)22-18(15)20-9-14;2-1(3)4/h3-4,7-11,13H,5-6H2,1-2H3;1H. The second-order valence-corrected chi connectivity index (χ2v) is 8.26. The molecule has 0 N–H and O–H groups in total. The summed E-state index contributed by atoms with van der Waals surface area (Å²) in [6.45, 7) is -1.33. The molecule has 0 unspecified atom stereocenters. The number of hydrogen-bond donors (Lipinski definition) is 0.